The summed E-state index contributed by atoms with van der Waals surface area (Å²) in [5, 5.41) is 3.99. The van der Waals surface area contributed by atoms with Gasteiger partial charge in [0.05, 0.1) is 0 Å². The Kier molecular flexibility index (Phi) is 7.54. The second kappa shape index (κ2) is 8.90. The van der Waals surface area contributed by atoms with Gasteiger partial charge in [-0.3, -0.25) is 4.79 Å². The SMILES string of the molecule is CCN(CC)C(=O)COc1ccc(Cl)cc1CNC(C)C. The Morgan fingerprint density at radius 1 is 1.33 bits per heavy atom. The maximum Gasteiger partial charge on any atom is 0.260 e. The molecule has 0 spiro atoms. The average molecular weight is 313 g/mol. The number of benzene rings is 1. The minimum absolute atomic E-state index is 0.00211. The number of ether oxygens (including phenoxy) is 1. The fourth-order valence-corrected chi connectivity index (χ4v) is 2.14. The summed E-state index contributed by atoms with van der Waals surface area (Å²) in [6, 6.07) is 5.83. The summed E-state index contributed by atoms with van der Waals surface area (Å²) in [5.74, 6) is 0.700. The van der Waals surface area contributed by atoms with Gasteiger partial charge in [0, 0.05) is 36.3 Å². The van der Waals surface area contributed by atoms with E-state index in [1.165, 1.54) is 0 Å². The third kappa shape index (κ3) is 5.94. The standard InChI is InChI=1S/C16H25ClN2O2/c1-5-19(6-2)16(20)11-21-15-8-7-14(17)9-13(15)10-18-12(3)4/h7-9,12,18H,5-6,10-11H2,1-4H3. The van der Waals surface area contributed by atoms with Gasteiger partial charge in [0.15, 0.2) is 6.61 Å². The lowest BCUT2D eigenvalue weighted by molar-refractivity contribution is -0.132. The second-order valence-electron chi connectivity index (χ2n) is 5.14. The van der Waals surface area contributed by atoms with Crippen LogP contribution in [0.2, 0.25) is 5.02 Å². The Labute approximate surface area is 132 Å². The smallest absolute Gasteiger partial charge is 0.260 e. The third-order valence-electron chi connectivity index (χ3n) is 3.19. The predicted octanol–water partition coefficient (Wildman–Crippen LogP) is 3.09. The molecule has 0 fully saturated rings. The van der Waals surface area contributed by atoms with E-state index in [1.54, 1.807) is 11.0 Å². The van der Waals surface area contributed by atoms with Crippen LogP contribution in [0.15, 0.2) is 18.2 Å². The zero-order chi connectivity index (χ0) is 15.8. The van der Waals surface area contributed by atoms with Crippen LogP contribution < -0.4 is 10.1 Å². The Balaban J connectivity index is 2.71. The lowest BCUT2D eigenvalue weighted by atomic mass is 10.2. The largest absolute Gasteiger partial charge is 0.483 e. The minimum atomic E-state index is -0.00211. The molecule has 118 valence electrons. The molecule has 0 aromatic heterocycles. The normalized spacial score (nSPS) is 10.8. The van der Waals surface area contributed by atoms with Crippen LogP contribution in [0.5, 0.6) is 5.75 Å². The summed E-state index contributed by atoms with van der Waals surface area (Å²) < 4.78 is 5.68. The first-order valence-corrected chi connectivity index (χ1v) is 7.78. The van der Waals surface area contributed by atoms with Gasteiger partial charge < -0.3 is 15.0 Å². The number of amides is 1. The van der Waals surface area contributed by atoms with E-state index < -0.39 is 0 Å². The molecule has 1 N–H and O–H groups in total. The second-order valence-corrected chi connectivity index (χ2v) is 5.58. The highest BCUT2D eigenvalue weighted by Crippen LogP contribution is 2.23. The van der Waals surface area contributed by atoms with Crippen LogP contribution in [0.3, 0.4) is 0 Å². The number of nitrogens with zero attached hydrogens (tertiary/aromatic N) is 1. The zero-order valence-corrected chi connectivity index (χ0v) is 14.0. The number of nitrogens with one attached hydrogen (secondary N) is 1. The maximum atomic E-state index is 12.0. The highest BCUT2D eigenvalue weighted by atomic mass is 35.5. The lowest BCUT2D eigenvalue weighted by Crippen LogP contribution is -2.34. The van der Waals surface area contributed by atoms with Crippen LogP contribution in [0.4, 0.5) is 0 Å². The van der Waals surface area contributed by atoms with Gasteiger partial charge in [-0.05, 0) is 32.0 Å². The summed E-state index contributed by atoms with van der Waals surface area (Å²) in [6.45, 7) is 10.2. The van der Waals surface area contributed by atoms with Crippen LogP contribution in [0, 0.1) is 0 Å². The molecule has 5 heteroatoms. The number of carbonyl (C=O) groups is 1. The first kappa shape index (κ1) is 17.8. The third-order valence-corrected chi connectivity index (χ3v) is 3.43. The van der Waals surface area contributed by atoms with E-state index in [4.69, 9.17) is 16.3 Å². The number of hydrogen-bond donors (Lipinski definition) is 1. The summed E-state index contributed by atoms with van der Waals surface area (Å²) >= 11 is 6.03. The molecule has 0 radical (unpaired) electrons. The van der Waals surface area contributed by atoms with Crippen LogP contribution in [0.1, 0.15) is 33.3 Å². The van der Waals surface area contributed by atoms with E-state index in [0.717, 1.165) is 5.56 Å². The molecule has 0 heterocycles. The molecule has 0 saturated heterocycles. The molecule has 4 nitrogen and oxygen atoms in total. The summed E-state index contributed by atoms with van der Waals surface area (Å²) in [7, 11) is 0. The summed E-state index contributed by atoms with van der Waals surface area (Å²) in [5.41, 5.74) is 0.962. The van der Waals surface area contributed by atoms with E-state index in [1.807, 2.05) is 26.0 Å². The van der Waals surface area contributed by atoms with Crippen LogP contribution in [-0.2, 0) is 11.3 Å². The molecule has 1 aromatic carbocycles. The molecule has 0 saturated carbocycles. The van der Waals surface area contributed by atoms with E-state index in [-0.39, 0.29) is 12.5 Å². The fourth-order valence-electron chi connectivity index (χ4n) is 1.95. The van der Waals surface area contributed by atoms with Crippen molar-refractivity contribution in [3.8, 4) is 5.75 Å². The average Bonchev–Trinajstić information content (AvgIpc) is 2.45. The Morgan fingerprint density at radius 2 is 2.00 bits per heavy atom. The lowest BCUT2D eigenvalue weighted by Gasteiger charge is -2.19. The van der Waals surface area contributed by atoms with Crippen LogP contribution in [0.25, 0.3) is 0 Å². The van der Waals surface area contributed by atoms with Crippen molar-refractivity contribution in [3.63, 3.8) is 0 Å². The number of rotatable bonds is 8. The van der Waals surface area contributed by atoms with E-state index >= 15 is 0 Å². The monoisotopic (exact) mass is 312 g/mol. The first-order valence-electron chi connectivity index (χ1n) is 7.40. The highest BCUT2D eigenvalue weighted by Gasteiger charge is 2.12. The molecule has 0 aliphatic rings. The number of likely N-dealkylation sites (N-methyl/N-ethyl adjacent to an activating group) is 1. The van der Waals surface area contributed by atoms with Crippen molar-refractivity contribution in [1.29, 1.82) is 0 Å². The quantitative estimate of drug-likeness (QED) is 0.802. The summed E-state index contributed by atoms with van der Waals surface area (Å²) in [4.78, 5) is 13.7. The first-order chi connectivity index (χ1) is 9.97. The van der Waals surface area contributed by atoms with Crippen molar-refractivity contribution < 1.29 is 9.53 Å². The van der Waals surface area contributed by atoms with Gasteiger partial charge in [-0.25, -0.2) is 0 Å². The topological polar surface area (TPSA) is 41.6 Å². The van der Waals surface area contributed by atoms with E-state index in [0.29, 0.717) is 36.4 Å². The fraction of sp³-hybridized carbons (Fsp3) is 0.562. The van der Waals surface area contributed by atoms with Gasteiger partial charge >= 0.3 is 0 Å². The Morgan fingerprint density at radius 3 is 2.57 bits per heavy atom. The molecule has 1 rings (SSSR count). The molecular formula is C16H25ClN2O2. The van der Waals surface area contributed by atoms with Crippen molar-refractivity contribution in [2.75, 3.05) is 19.7 Å². The van der Waals surface area contributed by atoms with Gasteiger partial charge in [-0.1, -0.05) is 25.4 Å². The Bertz CT molecular complexity index is 460. The molecule has 0 aliphatic carbocycles. The van der Waals surface area contributed by atoms with Gasteiger partial charge in [-0.15, -0.1) is 0 Å². The zero-order valence-electron chi connectivity index (χ0n) is 13.3. The molecule has 21 heavy (non-hydrogen) atoms. The highest BCUT2D eigenvalue weighted by molar-refractivity contribution is 6.30. The van der Waals surface area contributed by atoms with Crippen LogP contribution in [-0.4, -0.2) is 36.5 Å². The molecule has 0 bridgehead atoms. The van der Waals surface area contributed by atoms with Gasteiger partial charge in [-0.2, -0.15) is 0 Å². The molecule has 1 amide bonds. The molecule has 0 atom stereocenters. The van der Waals surface area contributed by atoms with Crippen molar-refractivity contribution >= 4 is 17.5 Å². The number of halogens is 1. The van der Waals surface area contributed by atoms with Crippen molar-refractivity contribution in [2.45, 2.75) is 40.3 Å². The van der Waals surface area contributed by atoms with Gasteiger partial charge in [0.2, 0.25) is 0 Å². The minimum Gasteiger partial charge on any atom is -0.483 e. The molecular weight excluding hydrogens is 288 g/mol. The Hall–Kier alpha value is -1.26. The summed E-state index contributed by atoms with van der Waals surface area (Å²) in [6.07, 6.45) is 0. The maximum absolute atomic E-state index is 12.0. The molecule has 0 unspecified atom stereocenters. The number of hydrogen-bond acceptors (Lipinski definition) is 3. The van der Waals surface area contributed by atoms with E-state index in [9.17, 15) is 4.79 Å². The van der Waals surface area contributed by atoms with Crippen molar-refractivity contribution in [3.05, 3.63) is 28.8 Å². The van der Waals surface area contributed by atoms with Gasteiger partial charge in [0.1, 0.15) is 5.75 Å². The van der Waals surface area contributed by atoms with E-state index in [2.05, 4.69) is 19.2 Å². The predicted molar refractivity (Wildman–Crippen MR) is 86.9 cm³/mol. The van der Waals surface area contributed by atoms with Crippen LogP contribution >= 0.6 is 11.6 Å². The van der Waals surface area contributed by atoms with Crippen molar-refractivity contribution in [1.82, 2.24) is 10.2 Å². The molecule has 0 aliphatic heterocycles. The molecule has 1 aromatic rings. The van der Waals surface area contributed by atoms with Crippen molar-refractivity contribution in [2.24, 2.45) is 0 Å². The number of carbonyl (C=O) groups excluding carboxylic acids is 1. The van der Waals surface area contributed by atoms with Gasteiger partial charge in [0.25, 0.3) is 5.91 Å².